The first-order valence-electron chi connectivity index (χ1n) is 6.91. The quantitative estimate of drug-likeness (QED) is 0.692. The van der Waals surface area contributed by atoms with Crippen LogP contribution in [0.15, 0.2) is 48.5 Å². The summed E-state index contributed by atoms with van der Waals surface area (Å²) >= 11 is 7.35. The molecule has 116 valence electrons. The Bertz CT molecular complexity index is 904. The molecule has 23 heavy (non-hydrogen) atoms. The lowest BCUT2D eigenvalue weighted by molar-refractivity contribution is 0.0848. The fraction of sp³-hybridized carbons (Fsp3) is 0.0588. The van der Waals surface area contributed by atoms with Gasteiger partial charge in [0.2, 0.25) is 0 Å². The van der Waals surface area contributed by atoms with Crippen LogP contribution < -0.4 is 10.9 Å². The highest BCUT2D eigenvalue weighted by atomic mass is 35.5. The smallest absolute Gasteiger partial charge is 0.267 e. The van der Waals surface area contributed by atoms with E-state index in [4.69, 9.17) is 11.6 Å². The topological polar surface area (TPSA) is 58.2 Å². The van der Waals surface area contributed by atoms with E-state index in [-0.39, 0.29) is 5.91 Å². The number of hydrogen-bond acceptors (Lipinski definition) is 3. The van der Waals surface area contributed by atoms with Gasteiger partial charge in [0.25, 0.3) is 11.8 Å². The lowest BCUT2D eigenvalue weighted by atomic mass is 10.1. The van der Waals surface area contributed by atoms with Crippen molar-refractivity contribution in [3.8, 4) is 0 Å². The number of aryl methyl sites for hydroxylation is 1. The first-order chi connectivity index (χ1) is 11.1. The molecular weight excluding hydrogens is 332 g/mol. The molecule has 1 aromatic heterocycles. The van der Waals surface area contributed by atoms with Crippen LogP contribution in [0.1, 0.15) is 25.6 Å². The summed E-state index contributed by atoms with van der Waals surface area (Å²) in [5, 5.41) is 1.37. The zero-order valence-corrected chi connectivity index (χ0v) is 13.8. The van der Waals surface area contributed by atoms with Crippen molar-refractivity contribution in [1.82, 2.24) is 10.9 Å². The van der Waals surface area contributed by atoms with Crippen LogP contribution in [0.5, 0.6) is 0 Å². The zero-order valence-electron chi connectivity index (χ0n) is 12.2. The minimum Gasteiger partial charge on any atom is -0.267 e. The predicted octanol–water partition coefficient (Wildman–Crippen LogP) is 3.94. The Morgan fingerprint density at radius 1 is 0.957 bits per heavy atom. The molecule has 0 radical (unpaired) electrons. The lowest BCUT2D eigenvalue weighted by Gasteiger charge is -2.08. The van der Waals surface area contributed by atoms with Gasteiger partial charge >= 0.3 is 0 Å². The number of fused-ring (bicyclic) bond motifs is 1. The van der Waals surface area contributed by atoms with Crippen molar-refractivity contribution in [2.24, 2.45) is 0 Å². The number of hydrazine groups is 1. The maximum Gasteiger partial charge on any atom is 0.280 e. The summed E-state index contributed by atoms with van der Waals surface area (Å²) in [5.74, 6) is -0.799. The van der Waals surface area contributed by atoms with Gasteiger partial charge in [-0.15, -0.1) is 11.3 Å². The molecule has 3 aromatic rings. The number of benzene rings is 2. The van der Waals surface area contributed by atoms with Crippen molar-refractivity contribution in [1.29, 1.82) is 0 Å². The van der Waals surface area contributed by atoms with Crippen molar-refractivity contribution in [2.45, 2.75) is 6.92 Å². The predicted molar refractivity (Wildman–Crippen MR) is 92.9 cm³/mol. The van der Waals surface area contributed by atoms with Gasteiger partial charge in [-0.05, 0) is 36.1 Å². The molecule has 2 amide bonds. The zero-order chi connectivity index (χ0) is 16.4. The van der Waals surface area contributed by atoms with E-state index in [0.29, 0.717) is 15.5 Å². The first kappa shape index (κ1) is 15.5. The van der Waals surface area contributed by atoms with Crippen LogP contribution in [-0.2, 0) is 0 Å². The molecule has 2 aromatic carbocycles. The SMILES string of the molecule is Cc1c(C(=O)NNC(=O)c2ccccc2Cl)sc2ccccc12. The molecule has 0 aliphatic rings. The molecule has 4 nitrogen and oxygen atoms in total. The number of hydrogen-bond donors (Lipinski definition) is 2. The molecule has 0 aliphatic heterocycles. The molecule has 0 atom stereocenters. The number of amides is 2. The molecule has 0 bridgehead atoms. The summed E-state index contributed by atoms with van der Waals surface area (Å²) in [5.41, 5.74) is 6.04. The highest BCUT2D eigenvalue weighted by Gasteiger charge is 2.16. The molecule has 2 N–H and O–H groups in total. The highest BCUT2D eigenvalue weighted by molar-refractivity contribution is 7.21. The van der Waals surface area contributed by atoms with E-state index in [0.717, 1.165) is 15.6 Å². The van der Waals surface area contributed by atoms with Gasteiger partial charge in [-0.25, -0.2) is 0 Å². The number of thiophene rings is 1. The second-order valence-corrected chi connectivity index (χ2v) is 6.40. The lowest BCUT2D eigenvalue weighted by Crippen LogP contribution is -2.41. The maximum atomic E-state index is 12.3. The van der Waals surface area contributed by atoms with Gasteiger partial charge in [0.05, 0.1) is 15.5 Å². The van der Waals surface area contributed by atoms with Gasteiger partial charge in [-0.1, -0.05) is 41.9 Å². The van der Waals surface area contributed by atoms with Gasteiger partial charge in [0.15, 0.2) is 0 Å². The van der Waals surface area contributed by atoms with Crippen LogP contribution in [0.25, 0.3) is 10.1 Å². The minimum atomic E-state index is -0.456. The average Bonchev–Trinajstić information content (AvgIpc) is 2.90. The largest absolute Gasteiger partial charge is 0.280 e. The monoisotopic (exact) mass is 344 g/mol. The molecule has 0 fully saturated rings. The summed E-state index contributed by atoms with van der Waals surface area (Å²) in [6.45, 7) is 1.89. The van der Waals surface area contributed by atoms with Gasteiger partial charge in [-0.3, -0.25) is 20.4 Å². The molecular formula is C17H13ClN2O2S. The third-order valence-electron chi connectivity index (χ3n) is 3.46. The van der Waals surface area contributed by atoms with E-state index in [2.05, 4.69) is 10.9 Å². The molecule has 3 rings (SSSR count). The minimum absolute atomic E-state index is 0.308. The number of halogens is 1. The third kappa shape index (κ3) is 3.06. The standard InChI is InChI=1S/C17H13ClN2O2S/c1-10-11-6-3-5-9-14(11)23-15(10)17(22)20-19-16(21)12-7-2-4-8-13(12)18/h2-9H,1H3,(H,19,21)(H,20,22). The van der Waals surface area contributed by atoms with Gasteiger partial charge in [0, 0.05) is 4.70 Å². The molecule has 0 aliphatic carbocycles. The summed E-state index contributed by atoms with van der Waals surface area (Å²) in [6, 6.07) is 14.5. The van der Waals surface area contributed by atoms with E-state index in [1.807, 2.05) is 31.2 Å². The van der Waals surface area contributed by atoms with E-state index < -0.39 is 5.91 Å². The Morgan fingerprint density at radius 2 is 1.61 bits per heavy atom. The van der Waals surface area contributed by atoms with Crippen LogP contribution in [0, 0.1) is 6.92 Å². The van der Waals surface area contributed by atoms with Crippen molar-refractivity contribution in [3.05, 3.63) is 69.6 Å². The van der Waals surface area contributed by atoms with Crippen molar-refractivity contribution < 1.29 is 9.59 Å². The van der Waals surface area contributed by atoms with E-state index in [1.54, 1.807) is 24.3 Å². The molecule has 6 heteroatoms. The molecule has 0 saturated carbocycles. The second-order valence-electron chi connectivity index (χ2n) is 4.94. The maximum absolute atomic E-state index is 12.3. The van der Waals surface area contributed by atoms with Crippen molar-refractivity contribution >= 4 is 44.8 Å². The summed E-state index contributed by atoms with van der Waals surface area (Å²) in [6.07, 6.45) is 0. The Morgan fingerprint density at radius 3 is 2.35 bits per heavy atom. The van der Waals surface area contributed by atoms with Crippen LogP contribution in [0.3, 0.4) is 0 Å². The summed E-state index contributed by atoms with van der Waals surface area (Å²) in [7, 11) is 0. The Kier molecular flexibility index (Phi) is 4.32. The van der Waals surface area contributed by atoms with Crippen molar-refractivity contribution in [2.75, 3.05) is 0 Å². The van der Waals surface area contributed by atoms with E-state index in [9.17, 15) is 9.59 Å². The fourth-order valence-electron chi connectivity index (χ4n) is 2.27. The van der Waals surface area contributed by atoms with Gasteiger partial charge < -0.3 is 0 Å². The number of rotatable bonds is 2. The first-order valence-corrected chi connectivity index (χ1v) is 8.10. The third-order valence-corrected chi connectivity index (χ3v) is 5.06. The molecule has 0 saturated heterocycles. The van der Waals surface area contributed by atoms with E-state index >= 15 is 0 Å². The van der Waals surface area contributed by atoms with Crippen LogP contribution in [0.4, 0.5) is 0 Å². The number of carbonyl (C=O) groups is 2. The van der Waals surface area contributed by atoms with Crippen LogP contribution in [-0.4, -0.2) is 11.8 Å². The molecule has 0 unspecified atom stereocenters. The Balaban J connectivity index is 1.75. The Hall–Kier alpha value is -2.37. The normalized spacial score (nSPS) is 10.5. The van der Waals surface area contributed by atoms with Crippen molar-refractivity contribution in [3.63, 3.8) is 0 Å². The summed E-state index contributed by atoms with van der Waals surface area (Å²) in [4.78, 5) is 24.9. The van der Waals surface area contributed by atoms with Crippen LogP contribution in [0.2, 0.25) is 5.02 Å². The van der Waals surface area contributed by atoms with E-state index in [1.165, 1.54) is 11.3 Å². The number of carbonyl (C=O) groups excluding carboxylic acids is 2. The van der Waals surface area contributed by atoms with Gasteiger partial charge in [-0.2, -0.15) is 0 Å². The van der Waals surface area contributed by atoms with Crippen LogP contribution >= 0.6 is 22.9 Å². The molecule has 1 heterocycles. The summed E-state index contributed by atoms with van der Waals surface area (Å²) < 4.78 is 1.03. The number of nitrogens with one attached hydrogen (secondary N) is 2. The second kappa shape index (κ2) is 6.40. The fourth-order valence-corrected chi connectivity index (χ4v) is 3.60. The highest BCUT2D eigenvalue weighted by Crippen LogP contribution is 2.30. The Labute approximate surface area is 142 Å². The molecule has 0 spiro atoms. The van der Waals surface area contributed by atoms with Gasteiger partial charge in [0.1, 0.15) is 0 Å². The average molecular weight is 345 g/mol.